The van der Waals surface area contributed by atoms with E-state index in [0.29, 0.717) is 25.1 Å². The number of ether oxygens (including phenoxy) is 2. The Kier molecular flexibility index (Phi) is 4.25. The Bertz CT molecular complexity index is 579. The molecule has 0 spiro atoms. The third-order valence-corrected chi connectivity index (χ3v) is 5.69. The highest BCUT2D eigenvalue weighted by atomic mass is 32.2. The molecule has 1 saturated carbocycles. The molecule has 112 valence electrons. The van der Waals surface area contributed by atoms with Gasteiger partial charge >= 0.3 is 0 Å². The van der Waals surface area contributed by atoms with E-state index in [0.717, 1.165) is 11.3 Å². The maximum absolute atomic E-state index is 12.4. The number of aryl methyl sites for hydroxylation is 1. The summed E-state index contributed by atoms with van der Waals surface area (Å²) in [5.74, 6) is 0.742. The molecule has 6 heteroatoms. The molecule has 0 aromatic heterocycles. The molecular formula is C14H21NO4S. The van der Waals surface area contributed by atoms with Gasteiger partial charge in [0, 0.05) is 7.11 Å². The number of nitrogens with one attached hydrogen (secondary N) is 1. The summed E-state index contributed by atoms with van der Waals surface area (Å²) in [7, 11) is -1.90. The predicted octanol–water partition coefficient (Wildman–Crippen LogP) is 2.31. The number of benzene rings is 1. The molecule has 1 aliphatic carbocycles. The highest BCUT2D eigenvalue weighted by molar-refractivity contribution is 7.94. The monoisotopic (exact) mass is 299 g/mol. The van der Waals surface area contributed by atoms with E-state index in [2.05, 4.69) is 4.72 Å². The van der Waals surface area contributed by atoms with Crippen molar-refractivity contribution in [1.29, 1.82) is 0 Å². The van der Waals surface area contributed by atoms with E-state index in [1.165, 1.54) is 7.11 Å². The van der Waals surface area contributed by atoms with E-state index in [1.807, 2.05) is 19.9 Å². The Labute approximate surface area is 120 Å². The van der Waals surface area contributed by atoms with Gasteiger partial charge in [-0.1, -0.05) is 0 Å². The van der Waals surface area contributed by atoms with Crippen LogP contribution >= 0.6 is 0 Å². The summed E-state index contributed by atoms with van der Waals surface area (Å²) < 4.78 is 37.2. The van der Waals surface area contributed by atoms with Crippen LogP contribution in [0.3, 0.4) is 0 Å². The number of sulfonamides is 1. The second-order valence-corrected chi connectivity index (χ2v) is 7.21. The number of hydrogen-bond acceptors (Lipinski definition) is 4. The maximum Gasteiger partial charge on any atom is 0.240 e. The standard InChI is InChI=1S/C14H21NO4S/c1-4-19-12-5-6-13(11(2)9-12)15-20(16,17)14(7-8-14)10-18-3/h5-6,9,15H,4,7-8,10H2,1-3H3. The highest BCUT2D eigenvalue weighted by Gasteiger charge is 2.55. The lowest BCUT2D eigenvalue weighted by Crippen LogP contribution is -2.33. The zero-order valence-corrected chi connectivity index (χ0v) is 12.9. The Morgan fingerprint density at radius 3 is 2.55 bits per heavy atom. The van der Waals surface area contributed by atoms with Crippen LogP contribution in [0.15, 0.2) is 18.2 Å². The lowest BCUT2D eigenvalue weighted by atomic mass is 10.2. The average molecular weight is 299 g/mol. The van der Waals surface area contributed by atoms with Crippen molar-refractivity contribution in [2.24, 2.45) is 0 Å². The van der Waals surface area contributed by atoms with Gasteiger partial charge in [0.1, 0.15) is 10.5 Å². The van der Waals surface area contributed by atoms with Crippen LogP contribution in [-0.2, 0) is 14.8 Å². The summed E-state index contributed by atoms with van der Waals surface area (Å²) in [6.07, 6.45) is 1.29. The van der Waals surface area contributed by atoms with Gasteiger partial charge in [-0.2, -0.15) is 0 Å². The molecule has 1 fully saturated rings. The first-order valence-electron chi connectivity index (χ1n) is 6.69. The molecule has 1 aromatic rings. The molecule has 1 aromatic carbocycles. The molecule has 20 heavy (non-hydrogen) atoms. The van der Waals surface area contributed by atoms with Gasteiger partial charge in [-0.25, -0.2) is 8.42 Å². The summed E-state index contributed by atoms with van der Waals surface area (Å²) in [4.78, 5) is 0. The molecule has 1 aliphatic rings. The molecule has 5 nitrogen and oxygen atoms in total. The second kappa shape index (κ2) is 5.61. The Morgan fingerprint density at radius 1 is 1.35 bits per heavy atom. The van der Waals surface area contributed by atoms with Gasteiger partial charge < -0.3 is 9.47 Å². The van der Waals surface area contributed by atoms with E-state index in [-0.39, 0.29) is 6.61 Å². The zero-order chi connectivity index (χ0) is 14.8. The quantitative estimate of drug-likeness (QED) is 0.839. The van der Waals surface area contributed by atoms with Crippen LogP contribution in [0.4, 0.5) is 5.69 Å². The maximum atomic E-state index is 12.4. The first-order chi connectivity index (χ1) is 9.44. The molecule has 1 N–H and O–H groups in total. The first-order valence-corrected chi connectivity index (χ1v) is 8.17. The van der Waals surface area contributed by atoms with E-state index in [9.17, 15) is 8.42 Å². The van der Waals surface area contributed by atoms with Gasteiger partial charge in [0.25, 0.3) is 0 Å². The minimum Gasteiger partial charge on any atom is -0.494 e. The average Bonchev–Trinajstić information content (AvgIpc) is 3.15. The Hall–Kier alpha value is -1.27. The molecule has 0 aliphatic heterocycles. The van der Waals surface area contributed by atoms with Gasteiger partial charge in [0.05, 0.1) is 18.9 Å². The molecular weight excluding hydrogens is 278 g/mol. The van der Waals surface area contributed by atoms with E-state index in [4.69, 9.17) is 9.47 Å². The molecule has 0 unspecified atom stereocenters. The van der Waals surface area contributed by atoms with Crippen molar-refractivity contribution in [3.63, 3.8) is 0 Å². The van der Waals surface area contributed by atoms with Crippen molar-refractivity contribution in [2.45, 2.75) is 31.4 Å². The smallest absolute Gasteiger partial charge is 0.240 e. The van der Waals surface area contributed by atoms with Crippen LogP contribution in [-0.4, -0.2) is 33.5 Å². The minimum absolute atomic E-state index is 0.235. The van der Waals surface area contributed by atoms with E-state index in [1.54, 1.807) is 12.1 Å². The van der Waals surface area contributed by atoms with Crippen LogP contribution in [0.5, 0.6) is 5.75 Å². The fourth-order valence-corrected chi connectivity index (χ4v) is 3.80. The van der Waals surface area contributed by atoms with Gasteiger partial charge in [0.15, 0.2) is 0 Å². The van der Waals surface area contributed by atoms with Gasteiger partial charge in [-0.15, -0.1) is 0 Å². The van der Waals surface area contributed by atoms with Gasteiger partial charge in [-0.05, 0) is 50.5 Å². The lowest BCUT2D eigenvalue weighted by Gasteiger charge is -2.18. The molecule has 0 amide bonds. The van der Waals surface area contributed by atoms with Crippen LogP contribution in [0.25, 0.3) is 0 Å². The summed E-state index contributed by atoms with van der Waals surface area (Å²) in [5, 5.41) is 0. The number of rotatable bonds is 7. The molecule has 0 radical (unpaired) electrons. The summed E-state index contributed by atoms with van der Waals surface area (Å²) >= 11 is 0. The van der Waals surface area contributed by atoms with Crippen molar-refractivity contribution in [3.05, 3.63) is 23.8 Å². The van der Waals surface area contributed by atoms with Crippen molar-refractivity contribution in [1.82, 2.24) is 0 Å². The molecule has 0 atom stereocenters. The topological polar surface area (TPSA) is 64.6 Å². The zero-order valence-electron chi connectivity index (χ0n) is 12.1. The Morgan fingerprint density at radius 2 is 2.05 bits per heavy atom. The van der Waals surface area contributed by atoms with Crippen LogP contribution < -0.4 is 9.46 Å². The summed E-state index contributed by atoms with van der Waals surface area (Å²) in [5.41, 5.74) is 1.43. The van der Waals surface area contributed by atoms with E-state index < -0.39 is 14.8 Å². The van der Waals surface area contributed by atoms with Crippen molar-refractivity contribution in [3.8, 4) is 5.75 Å². The fourth-order valence-electron chi connectivity index (χ4n) is 2.15. The first kappa shape index (κ1) is 15.1. The number of methoxy groups -OCH3 is 1. The SMILES string of the molecule is CCOc1ccc(NS(=O)(=O)C2(COC)CC2)c(C)c1. The van der Waals surface area contributed by atoms with Crippen molar-refractivity contribution < 1.29 is 17.9 Å². The third-order valence-electron chi connectivity index (χ3n) is 3.54. The van der Waals surface area contributed by atoms with Crippen molar-refractivity contribution in [2.75, 3.05) is 25.0 Å². The third kappa shape index (κ3) is 2.91. The van der Waals surface area contributed by atoms with Gasteiger partial charge in [0.2, 0.25) is 10.0 Å². The molecule has 2 rings (SSSR count). The summed E-state index contributed by atoms with van der Waals surface area (Å²) in [6.45, 7) is 4.59. The van der Waals surface area contributed by atoms with E-state index >= 15 is 0 Å². The molecule has 0 bridgehead atoms. The number of anilines is 1. The largest absolute Gasteiger partial charge is 0.494 e. The van der Waals surface area contributed by atoms with Crippen LogP contribution in [0.2, 0.25) is 0 Å². The molecule has 0 heterocycles. The minimum atomic E-state index is -3.43. The van der Waals surface area contributed by atoms with Crippen LogP contribution in [0.1, 0.15) is 25.3 Å². The normalized spacial score (nSPS) is 16.8. The Balaban J connectivity index is 2.18. The van der Waals surface area contributed by atoms with Crippen LogP contribution in [0, 0.1) is 6.92 Å². The lowest BCUT2D eigenvalue weighted by molar-refractivity contribution is 0.192. The van der Waals surface area contributed by atoms with Gasteiger partial charge in [-0.3, -0.25) is 4.72 Å². The fraction of sp³-hybridized carbons (Fsp3) is 0.571. The highest BCUT2D eigenvalue weighted by Crippen LogP contribution is 2.44. The summed E-state index contributed by atoms with van der Waals surface area (Å²) in [6, 6.07) is 5.34. The number of hydrogen-bond donors (Lipinski definition) is 1. The predicted molar refractivity (Wildman–Crippen MR) is 78.7 cm³/mol. The van der Waals surface area contributed by atoms with Crippen molar-refractivity contribution >= 4 is 15.7 Å². The molecule has 0 saturated heterocycles. The second-order valence-electron chi connectivity index (χ2n) is 5.13.